The molecule has 27 heavy (non-hydrogen) atoms. The van der Waals surface area contributed by atoms with Gasteiger partial charge in [0, 0.05) is 37.2 Å². The van der Waals surface area contributed by atoms with Crippen molar-refractivity contribution in [2.24, 2.45) is 11.7 Å². The molecule has 3 N–H and O–H groups in total. The van der Waals surface area contributed by atoms with Crippen LogP contribution in [-0.2, 0) is 17.8 Å². The number of nitrogens with two attached hydrogens (primary N) is 1. The van der Waals surface area contributed by atoms with Crippen LogP contribution in [0.3, 0.4) is 0 Å². The van der Waals surface area contributed by atoms with Gasteiger partial charge >= 0.3 is 5.69 Å². The maximum absolute atomic E-state index is 13.2. The van der Waals surface area contributed by atoms with Crippen LogP contribution < -0.4 is 22.3 Å². The van der Waals surface area contributed by atoms with Crippen LogP contribution in [-0.4, -0.2) is 34.9 Å². The zero-order chi connectivity index (χ0) is 19.1. The molecule has 0 radical (unpaired) electrons. The smallest absolute Gasteiger partial charge is 0.332 e. The number of rotatable bonds is 7. The van der Waals surface area contributed by atoms with Crippen molar-refractivity contribution in [1.82, 2.24) is 14.5 Å². The van der Waals surface area contributed by atoms with Gasteiger partial charge in [-0.25, -0.2) is 4.79 Å². The molecule has 3 heterocycles. The summed E-state index contributed by atoms with van der Waals surface area (Å²) in [4.78, 5) is 28.3. The number of aromatic nitrogens is 2. The van der Waals surface area contributed by atoms with E-state index in [4.69, 9.17) is 10.5 Å². The molecule has 1 aliphatic carbocycles. The van der Waals surface area contributed by atoms with Gasteiger partial charge in [-0.1, -0.05) is 6.92 Å². The third-order valence-corrected chi connectivity index (χ3v) is 7.07. The van der Waals surface area contributed by atoms with E-state index in [-0.39, 0.29) is 23.4 Å². The van der Waals surface area contributed by atoms with E-state index < -0.39 is 0 Å². The zero-order valence-corrected chi connectivity index (χ0v) is 16.8. The SMILES string of the molecule is Cc1c(CNCCN)sc2c1c(=O)n(C1CC1C)c(=O)n2CC1CCCO1. The number of aryl methyl sites for hydroxylation is 1. The predicted octanol–water partition coefficient (Wildman–Crippen LogP) is 1.34. The summed E-state index contributed by atoms with van der Waals surface area (Å²) < 4.78 is 9.07. The van der Waals surface area contributed by atoms with Crippen LogP contribution in [0, 0.1) is 12.8 Å². The summed E-state index contributed by atoms with van der Waals surface area (Å²) in [6.07, 6.45) is 2.94. The summed E-state index contributed by atoms with van der Waals surface area (Å²) >= 11 is 1.55. The van der Waals surface area contributed by atoms with Crippen LogP contribution >= 0.6 is 11.3 Å². The summed E-state index contributed by atoms with van der Waals surface area (Å²) in [6, 6.07) is 0.0308. The molecule has 2 aromatic rings. The van der Waals surface area contributed by atoms with E-state index in [1.54, 1.807) is 15.9 Å². The summed E-state index contributed by atoms with van der Waals surface area (Å²) in [5, 5.41) is 4.00. The van der Waals surface area contributed by atoms with E-state index in [9.17, 15) is 9.59 Å². The quantitative estimate of drug-likeness (QED) is 0.694. The summed E-state index contributed by atoms with van der Waals surface area (Å²) in [7, 11) is 0. The van der Waals surface area contributed by atoms with Crippen molar-refractivity contribution < 1.29 is 4.74 Å². The minimum Gasteiger partial charge on any atom is -0.376 e. The molecule has 2 aliphatic rings. The van der Waals surface area contributed by atoms with Gasteiger partial charge in [0.25, 0.3) is 5.56 Å². The molecule has 0 spiro atoms. The van der Waals surface area contributed by atoms with E-state index in [2.05, 4.69) is 12.2 Å². The van der Waals surface area contributed by atoms with E-state index in [1.165, 1.54) is 4.57 Å². The standard InChI is InChI=1S/C19H28N4O3S/c1-11-8-14(11)23-17(24)16-12(2)15(9-21-6-5-20)27-18(16)22(19(23)25)10-13-4-3-7-26-13/h11,13-14,21H,3-10,20H2,1-2H3. The van der Waals surface area contributed by atoms with Gasteiger partial charge in [0.15, 0.2) is 0 Å². The first-order valence-electron chi connectivity index (χ1n) is 9.82. The number of thiophene rings is 1. The second-order valence-corrected chi connectivity index (χ2v) is 8.86. The molecule has 8 heteroatoms. The third kappa shape index (κ3) is 3.40. The van der Waals surface area contributed by atoms with Gasteiger partial charge < -0.3 is 15.8 Å². The maximum atomic E-state index is 13.2. The molecule has 0 aromatic carbocycles. The minimum atomic E-state index is -0.180. The number of hydrogen-bond donors (Lipinski definition) is 2. The lowest BCUT2D eigenvalue weighted by molar-refractivity contribution is 0.0966. The lowest BCUT2D eigenvalue weighted by Gasteiger charge is -2.15. The Morgan fingerprint density at radius 3 is 2.78 bits per heavy atom. The Bertz CT molecular complexity index is 954. The van der Waals surface area contributed by atoms with Crippen LogP contribution in [0.25, 0.3) is 10.2 Å². The highest BCUT2D eigenvalue weighted by Gasteiger charge is 2.38. The van der Waals surface area contributed by atoms with Crippen molar-refractivity contribution in [3.05, 3.63) is 31.3 Å². The zero-order valence-electron chi connectivity index (χ0n) is 16.0. The topological polar surface area (TPSA) is 91.3 Å². The van der Waals surface area contributed by atoms with Gasteiger partial charge in [0.1, 0.15) is 4.83 Å². The molecule has 7 nitrogen and oxygen atoms in total. The van der Waals surface area contributed by atoms with Gasteiger partial charge in [0.05, 0.1) is 18.0 Å². The van der Waals surface area contributed by atoms with Crippen molar-refractivity contribution in [2.75, 3.05) is 19.7 Å². The van der Waals surface area contributed by atoms with Gasteiger partial charge in [0.2, 0.25) is 0 Å². The number of nitrogens with one attached hydrogen (secondary N) is 1. The minimum absolute atomic E-state index is 0.0308. The van der Waals surface area contributed by atoms with E-state index in [0.29, 0.717) is 30.9 Å². The Morgan fingerprint density at radius 1 is 1.37 bits per heavy atom. The first-order valence-corrected chi connectivity index (χ1v) is 10.6. The molecule has 148 valence electrons. The van der Waals surface area contributed by atoms with Gasteiger partial charge in [-0.3, -0.25) is 13.9 Å². The Balaban J connectivity index is 1.85. The number of hydrogen-bond acceptors (Lipinski definition) is 6. The second-order valence-electron chi connectivity index (χ2n) is 7.78. The van der Waals surface area contributed by atoms with Crippen LogP contribution in [0.2, 0.25) is 0 Å². The first-order chi connectivity index (χ1) is 13.0. The molecule has 2 fully saturated rings. The molecular formula is C19H28N4O3S. The largest absolute Gasteiger partial charge is 0.376 e. The number of fused-ring (bicyclic) bond motifs is 1. The number of ether oxygens (including phenoxy) is 1. The summed E-state index contributed by atoms with van der Waals surface area (Å²) in [5.74, 6) is 0.383. The lowest BCUT2D eigenvalue weighted by atomic mass is 10.2. The molecule has 0 bridgehead atoms. The fourth-order valence-corrected chi connectivity index (χ4v) is 5.26. The van der Waals surface area contributed by atoms with Crippen LogP contribution in [0.5, 0.6) is 0 Å². The third-order valence-electron chi connectivity index (χ3n) is 5.76. The highest BCUT2D eigenvalue weighted by molar-refractivity contribution is 7.18. The fourth-order valence-electron chi connectivity index (χ4n) is 3.99. The van der Waals surface area contributed by atoms with Gasteiger partial charge in [-0.05, 0) is 37.7 Å². The molecule has 1 aliphatic heterocycles. The van der Waals surface area contributed by atoms with E-state index in [0.717, 1.165) is 47.7 Å². The van der Waals surface area contributed by atoms with Crippen LogP contribution in [0.4, 0.5) is 0 Å². The monoisotopic (exact) mass is 392 g/mol. The van der Waals surface area contributed by atoms with E-state index >= 15 is 0 Å². The molecule has 0 amide bonds. The highest BCUT2D eigenvalue weighted by atomic mass is 32.1. The number of nitrogens with zero attached hydrogens (tertiary/aromatic N) is 2. The van der Waals surface area contributed by atoms with Crippen molar-refractivity contribution in [3.63, 3.8) is 0 Å². The van der Waals surface area contributed by atoms with Crippen LogP contribution in [0.15, 0.2) is 9.59 Å². The van der Waals surface area contributed by atoms with Crippen molar-refractivity contribution in [1.29, 1.82) is 0 Å². The van der Waals surface area contributed by atoms with Crippen molar-refractivity contribution >= 4 is 21.6 Å². The Labute approximate surface area is 162 Å². The Hall–Kier alpha value is -1.48. The lowest BCUT2D eigenvalue weighted by Crippen LogP contribution is -2.41. The molecule has 3 unspecified atom stereocenters. The highest BCUT2D eigenvalue weighted by Crippen LogP contribution is 2.41. The molecule has 2 aromatic heterocycles. The Kier molecular flexibility index (Phi) is 5.24. The van der Waals surface area contributed by atoms with Gasteiger partial charge in [-0.2, -0.15) is 0 Å². The molecule has 3 atom stereocenters. The second kappa shape index (κ2) is 7.50. The van der Waals surface area contributed by atoms with Crippen molar-refractivity contribution in [2.45, 2.75) is 58.3 Å². The molecule has 4 rings (SSSR count). The molecular weight excluding hydrogens is 364 g/mol. The average molecular weight is 393 g/mol. The van der Waals surface area contributed by atoms with E-state index in [1.807, 2.05) is 6.92 Å². The van der Waals surface area contributed by atoms with Crippen molar-refractivity contribution in [3.8, 4) is 0 Å². The summed E-state index contributed by atoms with van der Waals surface area (Å²) in [5.41, 5.74) is 6.23. The molecule has 1 saturated heterocycles. The summed E-state index contributed by atoms with van der Waals surface area (Å²) in [6.45, 7) is 7.30. The fraction of sp³-hybridized carbons (Fsp3) is 0.684. The Morgan fingerprint density at radius 2 is 2.15 bits per heavy atom. The first kappa shape index (κ1) is 18.9. The average Bonchev–Trinajstić information content (AvgIpc) is 3.03. The predicted molar refractivity (Wildman–Crippen MR) is 108 cm³/mol. The maximum Gasteiger partial charge on any atom is 0.332 e. The molecule has 1 saturated carbocycles. The van der Waals surface area contributed by atoms with Gasteiger partial charge in [-0.15, -0.1) is 11.3 Å². The normalized spacial score (nSPS) is 24.8. The van der Waals surface area contributed by atoms with Crippen LogP contribution in [0.1, 0.15) is 42.7 Å².